The molecular formula is C29H37NO5. The van der Waals surface area contributed by atoms with Gasteiger partial charge < -0.3 is 14.2 Å². The topological polar surface area (TPSA) is 74.7 Å². The summed E-state index contributed by atoms with van der Waals surface area (Å²) in [7, 11) is 2.73. The molecule has 0 aliphatic rings. The Kier molecular flexibility index (Phi) is 13.0. The van der Waals surface area contributed by atoms with Gasteiger partial charge in [-0.15, -0.1) is 0 Å². The molecule has 0 bridgehead atoms. The van der Waals surface area contributed by atoms with Crippen molar-refractivity contribution in [1.82, 2.24) is 4.98 Å². The fourth-order valence-corrected chi connectivity index (χ4v) is 3.55. The van der Waals surface area contributed by atoms with Crippen molar-refractivity contribution in [3.05, 3.63) is 58.9 Å². The van der Waals surface area contributed by atoms with Crippen LogP contribution < -0.4 is 4.74 Å². The number of aryl methyl sites for hydroxylation is 1. The van der Waals surface area contributed by atoms with Crippen molar-refractivity contribution < 1.29 is 23.8 Å². The quantitative estimate of drug-likeness (QED) is 0.191. The number of rotatable bonds is 14. The van der Waals surface area contributed by atoms with Gasteiger partial charge in [0.25, 0.3) is 0 Å². The Bertz CT molecular complexity index is 988. The number of carbonyl (C=O) groups excluding carboxylic acids is 2. The fourth-order valence-electron chi connectivity index (χ4n) is 3.55. The van der Waals surface area contributed by atoms with Gasteiger partial charge in [0, 0.05) is 12.0 Å². The van der Waals surface area contributed by atoms with E-state index in [1.807, 2.05) is 12.1 Å². The first-order chi connectivity index (χ1) is 17.1. The number of nitrogens with zero attached hydrogens (tertiary/aromatic N) is 1. The monoisotopic (exact) mass is 479 g/mol. The van der Waals surface area contributed by atoms with Crippen LogP contribution in [0, 0.1) is 11.8 Å². The number of esters is 2. The summed E-state index contributed by atoms with van der Waals surface area (Å²) in [6, 6.07) is 10.6. The molecule has 1 aromatic carbocycles. The molecular weight excluding hydrogens is 442 g/mol. The number of pyridine rings is 1. The van der Waals surface area contributed by atoms with E-state index in [0.717, 1.165) is 18.4 Å². The first kappa shape index (κ1) is 27.9. The molecule has 0 saturated carbocycles. The lowest BCUT2D eigenvalue weighted by Crippen LogP contribution is -2.07. The maximum atomic E-state index is 11.7. The molecule has 0 amide bonds. The highest BCUT2D eigenvalue weighted by molar-refractivity contribution is 5.89. The van der Waals surface area contributed by atoms with Gasteiger partial charge in [0.05, 0.1) is 38.5 Å². The highest BCUT2D eigenvalue weighted by atomic mass is 16.5. The molecule has 2 rings (SSSR count). The normalized spacial score (nSPS) is 10.3. The third kappa shape index (κ3) is 10.6. The molecule has 1 heterocycles. The molecule has 0 N–H and O–H groups in total. The van der Waals surface area contributed by atoms with Gasteiger partial charge >= 0.3 is 11.9 Å². The fraction of sp³-hybridized carbons (Fsp3) is 0.483. The van der Waals surface area contributed by atoms with Crippen molar-refractivity contribution in [2.45, 2.75) is 71.1 Å². The first-order valence-corrected chi connectivity index (χ1v) is 12.5. The van der Waals surface area contributed by atoms with E-state index in [9.17, 15) is 9.59 Å². The summed E-state index contributed by atoms with van der Waals surface area (Å²) in [4.78, 5) is 27.9. The van der Waals surface area contributed by atoms with Gasteiger partial charge in [0.15, 0.2) is 0 Å². The number of benzene rings is 1. The van der Waals surface area contributed by atoms with E-state index in [0.29, 0.717) is 35.7 Å². The Hall–Kier alpha value is -3.33. The lowest BCUT2D eigenvalue weighted by molar-refractivity contribution is -0.140. The highest BCUT2D eigenvalue weighted by Gasteiger charge is 2.10. The van der Waals surface area contributed by atoms with Crippen molar-refractivity contribution >= 4 is 11.9 Å². The van der Waals surface area contributed by atoms with E-state index in [-0.39, 0.29) is 18.4 Å². The van der Waals surface area contributed by atoms with Crippen LogP contribution in [0.3, 0.4) is 0 Å². The van der Waals surface area contributed by atoms with E-state index >= 15 is 0 Å². The van der Waals surface area contributed by atoms with E-state index in [1.54, 1.807) is 24.3 Å². The summed E-state index contributed by atoms with van der Waals surface area (Å²) in [5, 5.41) is 0. The minimum Gasteiger partial charge on any atom is -0.492 e. The predicted molar refractivity (Wildman–Crippen MR) is 136 cm³/mol. The average molecular weight is 480 g/mol. The largest absolute Gasteiger partial charge is 0.492 e. The van der Waals surface area contributed by atoms with Crippen LogP contribution in [-0.2, 0) is 20.7 Å². The Labute approximate surface area is 209 Å². The van der Waals surface area contributed by atoms with Crippen LogP contribution in [0.4, 0.5) is 0 Å². The number of ether oxygens (including phenoxy) is 3. The standard InChI is InChI=1S/C29H37NO5/c1-4-5-6-7-8-9-10-11-22-35-27-20-18-25(30-26(27)19-21-28(31)33-2)17-14-23-12-15-24(16-13-23)29(32)34-3/h12-13,15-16,18,20H,4-11,19,21-22H2,1-3H3. The lowest BCUT2D eigenvalue weighted by atomic mass is 10.1. The zero-order valence-electron chi connectivity index (χ0n) is 21.2. The number of aromatic nitrogens is 1. The zero-order valence-corrected chi connectivity index (χ0v) is 21.2. The smallest absolute Gasteiger partial charge is 0.337 e. The van der Waals surface area contributed by atoms with Gasteiger partial charge in [-0.05, 0) is 48.7 Å². The Morgan fingerprint density at radius 1 is 0.829 bits per heavy atom. The summed E-state index contributed by atoms with van der Waals surface area (Å²) in [5.41, 5.74) is 2.51. The Balaban J connectivity index is 1.98. The van der Waals surface area contributed by atoms with E-state index in [2.05, 4.69) is 23.7 Å². The molecule has 0 spiro atoms. The SMILES string of the molecule is CCCCCCCCCCOc1ccc(C#Cc2ccc(C(=O)OC)cc2)nc1CCC(=O)OC. The molecule has 188 valence electrons. The number of unbranched alkanes of at least 4 members (excludes halogenated alkanes) is 7. The van der Waals surface area contributed by atoms with Crippen molar-refractivity contribution in [2.75, 3.05) is 20.8 Å². The summed E-state index contributed by atoms with van der Waals surface area (Å²) < 4.78 is 15.5. The van der Waals surface area contributed by atoms with Crippen molar-refractivity contribution in [3.8, 4) is 17.6 Å². The maximum Gasteiger partial charge on any atom is 0.337 e. The van der Waals surface area contributed by atoms with Crippen LogP contribution in [0.5, 0.6) is 5.75 Å². The van der Waals surface area contributed by atoms with Crippen LogP contribution in [0.25, 0.3) is 0 Å². The second-order valence-corrected chi connectivity index (χ2v) is 8.36. The Morgan fingerprint density at radius 2 is 1.51 bits per heavy atom. The number of hydrogen-bond acceptors (Lipinski definition) is 6. The van der Waals surface area contributed by atoms with E-state index in [4.69, 9.17) is 14.2 Å². The van der Waals surface area contributed by atoms with Gasteiger partial charge in [-0.25, -0.2) is 9.78 Å². The zero-order chi connectivity index (χ0) is 25.3. The van der Waals surface area contributed by atoms with Gasteiger partial charge in [0.2, 0.25) is 0 Å². The molecule has 0 unspecified atom stereocenters. The molecule has 0 aliphatic carbocycles. The molecule has 1 aromatic heterocycles. The molecule has 0 saturated heterocycles. The lowest BCUT2D eigenvalue weighted by Gasteiger charge is -2.11. The molecule has 0 atom stereocenters. The molecule has 6 heteroatoms. The summed E-state index contributed by atoms with van der Waals surface area (Å²) in [5.74, 6) is 6.11. The van der Waals surface area contributed by atoms with Gasteiger partial charge in [-0.2, -0.15) is 0 Å². The summed E-state index contributed by atoms with van der Waals surface area (Å²) in [6.07, 6.45) is 10.5. The molecule has 0 aliphatic heterocycles. The van der Waals surface area contributed by atoms with Crippen LogP contribution in [0.2, 0.25) is 0 Å². The first-order valence-electron chi connectivity index (χ1n) is 12.5. The summed E-state index contributed by atoms with van der Waals surface area (Å²) >= 11 is 0. The van der Waals surface area contributed by atoms with Crippen LogP contribution >= 0.6 is 0 Å². The number of methoxy groups -OCH3 is 2. The third-order valence-electron chi connectivity index (χ3n) is 5.62. The van der Waals surface area contributed by atoms with Crippen LogP contribution in [0.1, 0.15) is 92.0 Å². The summed E-state index contributed by atoms with van der Waals surface area (Å²) in [6.45, 7) is 2.86. The van der Waals surface area contributed by atoms with Crippen molar-refractivity contribution in [1.29, 1.82) is 0 Å². The van der Waals surface area contributed by atoms with Crippen molar-refractivity contribution in [2.24, 2.45) is 0 Å². The molecule has 6 nitrogen and oxygen atoms in total. The van der Waals surface area contributed by atoms with Crippen LogP contribution in [0.15, 0.2) is 36.4 Å². The van der Waals surface area contributed by atoms with Gasteiger partial charge in [-0.1, -0.05) is 57.8 Å². The minimum atomic E-state index is -0.385. The van der Waals surface area contributed by atoms with Gasteiger partial charge in [0.1, 0.15) is 11.4 Å². The molecule has 0 fully saturated rings. The highest BCUT2D eigenvalue weighted by Crippen LogP contribution is 2.20. The predicted octanol–water partition coefficient (Wildman–Crippen LogP) is 5.89. The molecule has 0 radical (unpaired) electrons. The maximum absolute atomic E-state index is 11.7. The molecule has 2 aromatic rings. The number of hydrogen-bond donors (Lipinski definition) is 0. The van der Waals surface area contributed by atoms with Crippen LogP contribution in [-0.4, -0.2) is 37.7 Å². The third-order valence-corrected chi connectivity index (χ3v) is 5.62. The van der Waals surface area contributed by atoms with Gasteiger partial charge in [-0.3, -0.25) is 4.79 Å². The average Bonchev–Trinajstić information content (AvgIpc) is 2.90. The molecule has 35 heavy (non-hydrogen) atoms. The number of carbonyl (C=O) groups is 2. The van der Waals surface area contributed by atoms with E-state index in [1.165, 1.54) is 52.7 Å². The second-order valence-electron chi connectivity index (χ2n) is 8.36. The second kappa shape index (κ2) is 16.3. The Morgan fingerprint density at radius 3 is 2.17 bits per heavy atom. The minimum absolute atomic E-state index is 0.226. The van der Waals surface area contributed by atoms with Crippen molar-refractivity contribution in [3.63, 3.8) is 0 Å². The van der Waals surface area contributed by atoms with E-state index < -0.39 is 0 Å².